The van der Waals surface area contributed by atoms with Crippen LogP contribution in [-0.2, 0) is 38.4 Å². The van der Waals surface area contributed by atoms with Crippen molar-refractivity contribution in [2.45, 2.75) is 75.7 Å². The van der Waals surface area contributed by atoms with Gasteiger partial charge in [-0.25, -0.2) is 4.79 Å². The number of nitrogens with zero attached hydrogens (tertiary/aromatic N) is 2. The number of aliphatic hydroxyl groups excluding tert-OH is 1. The van der Waals surface area contributed by atoms with E-state index in [1.807, 2.05) is 5.32 Å². The molecule has 0 unspecified atom stereocenters. The summed E-state index contributed by atoms with van der Waals surface area (Å²) in [5, 5.41) is 51.0. The molecule has 0 aromatic carbocycles. The van der Waals surface area contributed by atoms with Crippen LogP contribution in [0.3, 0.4) is 0 Å². The highest BCUT2D eigenvalue weighted by Crippen LogP contribution is 2.20. The molecule has 0 aromatic heterocycles. The van der Waals surface area contributed by atoms with Crippen molar-refractivity contribution < 1.29 is 63.9 Å². The quantitative estimate of drug-likeness (QED) is 0.0399. The molecule has 4 amide bonds. The molecule has 1 fully saturated rings. The SMILES string of the molecule is CC(=O)O.NC(N)=NCCC[C@H](NC(=O)[C@@H]1CCCN1C(=O)[C@H](CC(=O)O)NC(=O)[C@H](CO)NC(=O)[C@@H](N)CC(=O)O)C(=O)O. The van der Waals surface area contributed by atoms with Crippen molar-refractivity contribution in [2.75, 3.05) is 19.7 Å². The second-order valence-electron chi connectivity index (χ2n) is 9.66. The predicted octanol–water partition coefficient (Wildman–Crippen LogP) is -5.07. The third kappa shape index (κ3) is 15.8. The van der Waals surface area contributed by atoms with Crippen molar-refractivity contribution in [3.05, 3.63) is 0 Å². The van der Waals surface area contributed by atoms with E-state index >= 15 is 0 Å². The van der Waals surface area contributed by atoms with Crippen molar-refractivity contribution in [3.63, 3.8) is 0 Å². The summed E-state index contributed by atoms with van der Waals surface area (Å²) in [6.07, 6.45) is -1.07. The lowest BCUT2D eigenvalue weighted by molar-refractivity contribution is -0.147. The van der Waals surface area contributed by atoms with Crippen molar-refractivity contribution in [2.24, 2.45) is 22.2 Å². The number of amides is 4. The number of carbonyl (C=O) groups excluding carboxylic acids is 4. The number of rotatable bonds is 17. The molecule has 5 atom stereocenters. The van der Waals surface area contributed by atoms with Crippen molar-refractivity contribution >= 4 is 53.5 Å². The van der Waals surface area contributed by atoms with Gasteiger partial charge in [0.25, 0.3) is 5.97 Å². The molecule has 0 spiro atoms. The Kier molecular flexibility index (Phi) is 17.8. The number of carboxylic acids is 4. The molecule has 0 bridgehead atoms. The van der Waals surface area contributed by atoms with E-state index in [1.54, 1.807) is 0 Å². The average molecular weight is 649 g/mol. The Labute approximate surface area is 256 Å². The van der Waals surface area contributed by atoms with Crippen LogP contribution in [-0.4, -0.2) is 134 Å². The van der Waals surface area contributed by atoms with E-state index in [4.69, 9.17) is 32.2 Å². The first-order valence-electron chi connectivity index (χ1n) is 13.4. The van der Waals surface area contributed by atoms with Crippen molar-refractivity contribution in [1.29, 1.82) is 0 Å². The molecule has 0 saturated carbocycles. The van der Waals surface area contributed by atoms with Crippen LogP contribution in [0, 0.1) is 0 Å². The molecule has 1 heterocycles. The number of aliphatic hydroxyl groups is 1. The molecule has 0 radical (unpaired) electrons. The van der Waals surface area contributed by atoms with E-state index in [9.17, 15) is 48.9 Å². The van der Waals surface area contributed by atoms with Gasteiger partial charge in [-0.3, -0.25) is 38.6 Å². The molecule has 21 nitrogen and oxygen atoms in total. The fourth-order valence-electron chi connectivity index (χ4n) is 3.93. The fraction of sp³-hybridized carbons (Fsp3) is 0.625. The van der Waals surface area contributed by atoms with Gasteiger partial charge in [-0.05, 0) is 25.7 Å². The van der Waals surface area contributed by atoms with Gasteiger partial charge in [-0.1, -0.05) is 0 Å². The second-order valence-corrected chi connectivity index (χ2v) is 9.66. The second kappa shape index (κ2) is 20.0. The number of carbonyl (C=O) groups is 8. The highest BCUT2D eigenvalue weighted by molar-refractivity contribution is 5.97. The van der Waals surface area contributed by atoms with E-state index < -0.39 is 97.2 Å². The van der Waals surface area contributed by atoms with Gasteiger partial charge in [0.2, 0.25) is 23.6 Å². The van der Waals surface area contributed by atoms with Crippen LogP contribution in [0.2, 0.25) is 0 Å². The molecule has 45 heavy (non-hydrogen) atoms. The minimum Gasteiger partial charge on any atom is -0.481 e. The van der Waals surface area contributed by atoms with Crippen LogP contribution in [0.15, 0.2) is 4.99 Å². The molecule has 14 N–H and O–H groups in total. The maximum absolute atomic E-state index is 13.3. The number of likely N-dealkylation sites (tertiary alicyclic amines) is 1. The largest absolute Gasteiger partial charge is 0.481 e. The van der Waals surface area contributed by atoms with E-state index in [1.165, 1.54) is 0 Å². The first kappa shape index (κ1) is 39.9. The lowest BCUT2D eigenvalue weighted by Gasteiger charge is -2.29. The minimum absolute atomic E-state index is 0.00462. The van der Waals surface area contributed by atoms with Crippen LogP contribution in [0.25, 0.3) is 0 Å². The number of hydrogen-bond acceptors (Lipinski definition) is 11. The van der Waals surface area contributed by atoms with Crippen LogP contribution in [0.1, 0.15) is 45.4 Å². The maximum atomic E-state index is 13.3. The lowest BCUT2D eigenvalue weighted by atomic mass is 10.1. The van der Waals surface area contributed by atoms with Gasteiger partial charge in [-0.2, -0.15) is 0 Å². The van der Waals surface area contributed by atoms with E-state index in [2.05, 4.69) is 15.6 Å². The first-order valence-corrected chi connectivity index (χ1v) is 13.4. The summed E-state index contributed by atoms with van der Waals surface area (Å²) in [5.41, 5.74) is 15.9. The fourth-order valence-corrected chi connectivity index (χ4v) is 3.93. The van der Waals surface area contributed by atoms with Gasteiger partial charge in [0.1, 0.15) is 24.2 Å². The third-order valence-corrected chi connectivity index (χ3v) is 5.94. The summed E-state index contributed by atoms with van der Waals surface area (Å²) in [4.78, 5) is 98.5. The third-order valence-electron chi connectivity index (χ3n) is 5.94. The lowest BCUT2D eigenvalue weighted by Crippen LogP contribution is -2.59. The van der Waals surface area contributed by atoms with Crippen molar-refractivity contribution in [1.82, 2.24) is 20.9 Å². The van der Waals surface area contributed by atoms with Gasteiger partial charge in [0, 0.05) is 20.0 Å². The van der Waals surface area contributed by atoms with Gasteiger partial charge >= 0.3 is 17.9 Å². The summed E-state index contributed by atoms with van der Waals surface area (Å²) in [5.74, 6) is -9.28. The molecular weight excluding hydrogens is 608 g/mol. The van der Waals surface area contributed by atoms with Gasteiger partial charge in [0.05, 0.1) is 25.5 Å². The number of aliphatic carboxylic acids is 4. The normalized spacial score (nSPS) is 16.3. The summed E-state index contributed by atoms with van der Waals surface area (Å²) in [6.45, 7) is 0.197. The van der Waals surface area contributed by atoms with E-state index in [0.717, 1.165) is 11.8 Å². The van der Waals surface area contributed by atoms with Gasteiger partial charge in [0.15, 0.2) is 5.96 Å². The molecule has 1 saturated heterocycles. The Morgan fingerprint density at radius 2 is 1.42 bits per heavy atom. The average Bonchev–Trinajstić information content (AvgIpc) is 3.41. The Morgan fingerprint density at radius 1 is 0.867 bits per heavy atom. The molecular formula is C24H40N8O13. The molecule has 1 rings (SSSR count). The molecule has 1 aliphatic rings. The number of hydrogen-bond donors (Lipinski definition) is 11. The standard InChI is InChI=1S/C22H36N8O11.C2H4O2/c23-10(7-15(32)33)17(36)29-13(9-31)18(37)28-12(8-16(34)35)20(39)30-6-2-4-14(30)19(38)27-11(21(40)41)3-1-5-26-22(24)25;1-2(3)4/h10-14,31H,1-9,23H2,(H,27,38)(H,28,37)(H,29,36)(H,32,33)(H,34,35)(H,40,41)(H4,24,25,26);1H3,(H,3,4)/t10-,11-,12-,13-,14-;/m0./s1. The Hall–Kier alpha value is -5.05. The number of guanidine groups is 1. The number of nitrogens with one attached hydrogen (secondary N) is 3. The van der Waals surface area contributed by atoms with Gasteiger partial charge < -0.3 is 63.6 Å². The first-order chi connectivity index (χ1) is 20.9. The molecule has 21 heteroatoms. The van der Waals surface area contributed by atoms with E-state index in [-0.39, 0.29) is 38.3 Å². The van der Waals surface area contributed by atoms with Crippen LogP contribution >= 0.6 is 0 Å². The molecule has 0 aliphatic carbocycles. The maximum Gasteiger partial charge on any atom is 0.326 e. The predicted molar refractivity (Wildman–Crippen MR) is 151 cm³/mol. The summed E-state index contributed by atoms with van der Waals surface area (Å²) >= 11 is 0. The van der Waals surface area contributed by atoms with E-state index in [0.29, 0.717) is 6.42 Å². The molecule has 0 aromatic rings. The smallest absolute Gasteiger partial charge is 0.326 e. The Balaban J connectivity index is 0.00000454. The van der Waals surface area contributed by atoms with Gasteiger partial charge in [-0.15, -0.1) is 0 Å². The zero-order valence-corrected chi connectivity index (χ0v) is 24.4. The Morgan fingerprint density at radius 3 is 1.91 bits per heavy atom. The number of aliphatic imine (C=N–C) groups is 1. The minimum atomic E-state index is -1.73. The molecule has 254 valence electrons. The van der Waals surface area contributed by atoms with Crippen molar-refractivity contribution in [3.8, 4) is 0 Å². The highest BCUT2D eigenvalue weighted by Gasteiger charge is 2.40. The summed E-state index contributed by atoms with van der Waals surface area (Å²) < 4.78 is 0. The van der Waals surface area contributed by atoms with Crippen LogP contribution in [0.5, 0.6) is 0 Å². The summed E-state index contributed by atoms with van der Waals surface area (Å²) in [7, 11) is 0. The monoisotopic (exact) mass is 648 g/mol. The zero-order valence-electron chi connectivity index (χ0n) is 24.4. The molecule has 1 aliphatic heterocycles. The summed E-state index contributed by atoms with van der Waals surface area (Å²) in [6, 6.07) is -7.50. The number of carboxylic acid groups (broad SMARTS) is 4. The van der Waals surface area contributed by atoms with Crippen LogP contribution in [0.4, 0.5) is 0 Å². The van der Waals surface area contributed by atoms with Crippen LogP contribution < -0.4 is 33.2 Å². The zero-order chi connectivity index (χ0) is 34.9. The highest BCUT2D eigenvalue weighted by atomic mass is 16.4. The Bertz CT molecular complexity index is 1120. The topological polar surface area (TPSA) is 367 Å². The number of nitrogens with two attached hydrogens (primary N) is 3.